The highest BCUT2D eigenvalue weighted by Crippen LogP contribution is 2.21. The SMILES string of the molecule is O=C(CCc1ccncc1)NC(c1ccon1)c1ccco1. The first-order valence-electron chi connectivity index (χ1n) is 6.95. The van der Waals surface area contributed by atoms with E-state index in [-0.39, 0.29) is 5.91 Å². The molecule has 3 rings (SSSR count). The molecule has 0 aliphatic carbocycles. The number of furan rings is 1. The molecule has 6 heteroatoms. The largest absolute Gasteiger partial charge is 0.467 e. The Bertz CT molecular complexity index is 659. The Morgan fingerprint density at radius 1 is 1.18 bits per heavy atom. The molecule has 0 saturated carbocycles. The summed E-state index contributed by atoms with van der Waals surface area (Å²) in [5.41, 5.74) is 1.67. The van der Waals surface area contributed by atoms with Crippen LogP contribution >= 0.6 is 0 Å². The van der Waals surface area contributed by atoms with Crippen LogP contribution in [0, 0.1) is 0 Å². The highest BCUT2D eigenvalue weighted by atomic mass is 16.5. The highest BCUT2D eigenvalue weighted by molar-refractivity contribution is 5.77. The third-order valence-electron chi connectivity index (χ3n) is 3.28. The van der Waals surface area contributed by atoms with E-state index in [1.165, 1.54) is 6.26 Å². The number of pyridine rings is 1. The Morgan fingerprint density at radius 2 is 2.05 bits per heavy atom. The zero-order chi connectivity index (χ0) is 15.2. The molecule has 1 unspecified atom stereocenters. The van der Waals surface area contributed by atoms with E-state index >= 15 is 0 Å². The van der Waals surface area contributed by atoms with E-state index in [0.29, 0.717) is 24.3 Å². The minimum Gasteiger partial charge on any atom is -0.467 e. The molecule has 22 heavy (non-hydrogen) atoms. The van der Waals surface area contributed by atoms with Crippen LogP contribution in [-0.4, -0.2) is 16.0 Å². The van der Waals surface area contributed by atoms with Crippen molar-refractivity contribution in [1.82, 2.24) is 15.5 Å². The molecule has 0 aromatic carbocycles. The molecule has 0 saturated heterocycles. The molecule has 0 fully saturated rings. The molecule has 1 amide bonds. The van der Waals surface area contributed by atoms with Crippen LogP contribution in [0.2, 0.25) is 0 Å². The number of rotatable bonds is 6. The van der Waals surface area contributed by atoms with Gasteiger partial charge in [0.1, 0.15) is 23.8 Å². The molecule has 0 aliphatic rings. The predicted octanol–water partition coefficient (Wildman–Crippen LogP) is 2.50. The standard InChI is InChI=1S/C16H15N3O3/c20-15(4-3-12-5-8-17-9-6-12)18-16(13-7-11-22-19-13)14-2-1-10-21-14/h1-2,5-11,16H,3-4H2,(H,18,20). The van der Waals surface area contributed by atoms with Gasteiger partial charge in [-0.1, -0.05) is 5.16 Å². The molecule has 0 aliphatic heterocycles. The quantitative estimate of drug-likeness (QED) is 0.756. The second-order valence-corrected chi connectivity index (χ2v) is 4.80. The van der Waals surface area contributed by atoms with E-state index in [1.54, 1.807) is 36.9 Å². The minimum absolute atomic E-state index is 0.0822. The molecule has 1 atom stereocenters. The van der Waals surface area contributed by atoms with Gasteiger partial charge in [-0.3, -0.25) is 9.78 Å². The van der Waals surface area contributed by atoms with Crippen molar-refractivity contribution in [3.8, 4) is 0 Å². The molecule has 3 heterocycles. The van der Waals surface area contributed by atoms with Gasteiger partial charge in [-0.15, -0.1) is 0 Å². The van der Waals surface area contributed by atoms with Crippen molar-refractivity contribution in [3.05, 3.63) is 72.3 Å². The monoisotopic (exact) mass is 297 g/mol. The van der Waals surface area contributed by atoms with Gasteiger partial charge in [-0.25, -0.2) is 0 Å². The summed E-state index contributed by atoms with van der Waals surface area (Å²) in [6.45, 7) is 0. The number of nitrogens with one attached hydrogen (secondary N) is 1. The molecule has 3 aromatic heterocycles. The third-order valence-corrected chi connectivity index (χ3v) is 3.28. The fourth-order valence-electron chi connectivity index (χ4n) is 2.16. The Balaban J connectivity index is 1.65. The lowest BCUT2D eigenvalue weighted by molar-refractivity contribution is -0.121. The first kappa shape index (κ1) is 14.1. The van der Waals surface area contributed by atoms with Crippen molar-refractivity contribution in [3.63, 3.8) is 0 Å². The number of hydrogen-bond donors (Lipinski definition) is 1. The van der Waals surface area contributed by atoms with Crippen LogP contribution in [0.15, 0.2) is 64.2 Å². The van der Waals surface area contributed by atoms with Crippen molar-refractivity contribution in [2.75, 3.05) is 0 Å². The fraction of sp³-hybridized carbons (Fsp3) is 0.188. The first-order valence-corrected chi connectivity index (χ1v) is 6.95. The second kappa shape index (κ2) is 6.71. The zero-order valence-corrected chi connectivity index (χ0v) is 11.8. The lowest BCUT2D eigenvalue weighted by atomic mass is 10.1. The number of aryl methyl sites for hydroxylation is 1. The van der Waals surface area contributed by atoms with Crippen molar-refractivity contribution in [2.45, 2.75) is 18.9 Å². The summed E-state index contributed by atoms with van der Waals surface area (Å²) in [7, 11) is 0. The molecule has 0 radical (unpaired) electrons. The topological polar surface area (TPSA) is 81.2 Å². The van der Waals surface area contributed by atoms with Crippen LogP contribution in [0.5, 0.6) is 0 Å². The van der Waals surface area contributed by atoms with Crippen molar-refractivity contribution < 1.29 is 13.7 Å². The van der Waals surface area contributed by atoms with Gasteiger partial charge in [-0.05, 0) is 36.2 Å². The molecule has 0 bridgehead atoms. The average Bonchev–Trinajstić information content (AvgIpc) is 3.25. The molecule has 0 spiro atoms. The smallest absolute Gasteiger partial charge is 0.221 e. The number of nitrogens with zero attached hydrogens (tertiary/aromatic N) is 2. The fourth-order valence-corrected chi connectivity index (χ4v) is 2.16. The van der Waals surface area contributed by atoms with Gasteiger partial charge in [0, 0.05) is 24.9 Å². The maximum absolute atomic E-state index is 12.2. The summed E-state index contributed by atoms with van der Waals surface area (Å²) in [6.07, 6.45) is 7.49. The summed E-state index contributed by atoms with van der Waals surface area (Å²) >= 11 is 0. The average molecular weight is 297 g/mol. The van der Waals surface area contributed by atoms with Crippen LogP contribution < -0.4 is 5.32 Å². The van der Waals surface area contributed by atoms with E-state index < -0.39 is 6.04 Å². The van der Waals surface area contributed by atoms with Gasteiger partial charge in [0.15, 0.2) is 0 Å². The van der Waals surface area contributed by atoms with Crippen LogP contribution in [0.3, 0.4) is 0 Å². The van der Waals surface area contributed by atoms with E-state index in [9.17, 15) is 4.79 Å². The van der Waals surface area contributed by atoms with E-state index in [2.05, 4.69) is 15.5 Å². The van der Waals surface area contributed by atoms with Gasteiger partial charge in [0.25, 0.3) is 0 Å². The molecular formula is C16H15N3O3. The molecule has 3 aromatic rings. The van der Waals surface area contributed by atoms with Gasteiger partial charge in [0.05, 0.1) is 6.26 Å². The minimum atomic E-state index is -0.446. The summed E-state index contributed by atoms with van der Waals surface area (Å²) < 4.78 is 10.2. The van der Waals surface area contributed by atoms with E-state index in [1.807, 2.05) is 12.1 Å². The lowest BCUT2D eigenvalue weighted by Gasteiger charge is -2.14. The van der Waals surface area contributed by atoms with Crippen LogP contribution in [-0.2, 0) is 11.2 Å². The Labute approximate surface area is 127 Å². The number of amides is 1. The summed E-state index contributed by atoms with van der Waals surface area (Å²) in [5, 5.41) is 6.81. The summed E-state index contributed by atoms with van der Waals surface area (Å²) in [4.78, 5) is 16.1. The maximum atomic E-state index is 12.2. The second-order valence-electron chi connectivity index (χ2n) is 4.80. The summed E-state index contributed by atoms with van der Waals surface area (Å²) in [5.74, 6) is 0.535. The van der Waals surface area contributed by atoms with Crippen LogP contribution in [0.25, 0.3) is 0 Å². The van der Waals surface area contributed by atoms with Crippen molar-refractivity contribution >= 4 is 5.91 Å². The van der Waals surface area contributed by atoms with Crippen LogP contribution in [0.4, 0.5) is 0 Å². The summed E-state index contributed by atoms with van der Waals surface area (Å²) in [6, 6.07) is 8.62. The Morgan fingerprint density at radius 3 is 2.73 bits per heavy atom. The predicted molar refractivity (Wildman–Crippen MR) is 77.8 cm³/mol. The van der Waals surface area contributed by atoms with E-state index in [4.69, 9.17) is 8.94 Å². The molecule has 112 valence electrons. The molecular weight excluding hydrogens is 282 g/mol. The molecule has 1 N–H and O–H groups in total. The number of aromatic nitrogens is 2. The number of carbonyl (C=O) groups is 1. The molecule has 6 nitrogen and oxygen atoms in total. The normalized spacial score (nSPS) is 12.0. The van der Waals surface area contributed by atoms with Crippen LogP contribution in [0.1, 0.15) is 29.5 Å². The Kier molecular flexibility index (Phi) is 4.29. The Hall–Kier alpha value is -2.89. The van der Waals surface area contributed by atoms with Gasteiger partial charge in [-0.2, -0.15) is 0 Å². The first-order chi connectivity index (χ1) is 10.8. The third kappa shape index (κ3) is 3.41. The highest BCUT2D eigenvalue weighted by Gasteiger charge is 2.21. The van der Waals surface area contributed by atoms with E-state index in [0.717, 1.165) is 5.56 Å². The van der Waals surface area contributed by atoms with Gasteiger partial charge in [0.2, 0.25) is 5.91 Å². The number of hydrogen-bond acceptors (Lipinski definition) is 5. The van der Waals surface area contributed by atoms with Gasteiger partial charge < -0.3 is 14.3 Å². The lowest BCUT2D eigenvalue weighted by Crippen LogP contribution is -2.29. The van der Waals surface area contributed by atoms with Crippen molar-refractivity contribution in [2.24, 2.45) is 0 Å². The maximum Gasteiger partial charge on any atom is 0.221 e. The van der Waals surface area contributed by atoms with Gasteiger partial charge >= 0.3 is 0 Å². The van der Waals surface area contributed by atoms with Crippen molar-refractivity contribution in [1.29, 1.82) is 0 Å². The number of carbonyl (C=O) groups excluding carboxylic acids is 1. The zero-order valence-electron chi connectivity index (χ0n) is 11.8.